The van der Waals surface area contributed by atoms with Crippen molar-refractivity contribution in [1.82, 2.24) is 5.32 Å². The van der Waals surface area contributed by atoms with Gasteiger partial charge in [0.2, 0.25) is 0 Å². The highest BCUT2D eigenvalue weighted by atomic mass is 16.8. The Morgan fingerprint density at radius 2 is 2.17 bits per heavy atom. The van der Waals surface area contributed by atoms with Gasteiger partial charge < -0.3 is 29.2 Å². The summed E-state index contributed by atoms with van der Waals surface area (Å²) in [5.74, 6) is -2.54. The minimum atomic E-state index is -1.67. The van der Waals surface area contributed by atoms with Gasteiger partial charge in [0.1, 0.15) is 5.75 Å². The molecule has 24 heavy (non-hydrogen) atoms. The molecule has 1 N–H and O–H groups in total. The van der Waals surface area contributed by atoms with E-state index in [0.717, 1.165) is 0 Å². The average Bonchev–Trinajstić information content (AvgIpc) is 3.12. The molecule has 126 valence electrons. The van der Waals surface area contributed by atoms with Crippen LogP contribution in [0.15, 0.2) is 23.2 Å². The summed E-state index contributed by atoms with van der Waals surface area (Å²) in [6.07, 6.45) is -0.993. The molecule has 0 bridgehead atoms. The zero-order valence-electron chi connectivity index (χ0n) is 13.1. The number of carbonyl (C=O) groups excluding carboxylic acids is 2. The van der Waals surface area contributed by atoms with Crippen LogP contribution in [0.1, 0.15) is 0 Å². The monoisotopic (exact) mass is 333 g/mol. The number of benzene rings is 1. The summed E-state index contributed by atoms with van der Waals surface area (Å²) < 4.78 is 21.9. The van der Waals surface area contributed by atoms with Crippen LogP contribution in [0, 0.1) is 0 Å². The molecule has 0 aromatic heterocycles. The summed E-state index contributed by atoms with van der Waals surface area (Å²) in [6, 6.07) is 5.20. The van der Waals surface area contributed by atoms with Gasteiger partial charge in [-0.3, -0.25) is 4.99 Å². The van der Waals surface area contributed by atoms with E-state index in [1.165, 1.54) is 7.11 Å². The normalized spacial score (nSPS) is 27.8. The number of amidine groups is 1. The number of fused-ring (bicyclic) bond motifs is 2. The fraction of sp³-hybridized carbons (Fsp3) is 0.400. The SMILES string of the molecule is COc1ccc2c(c1)OC1(C3=NCCN3)OC(=O)C(=O)OC1N2C. The molecule has 0 saturated carbocycles. The number of ether oxygens (including phenoxy) is 4. The van der Waals surface area contributed by atoms with Crippen molar-refractivity contribution in [3.8, 4) is 11.5 Å². The van der Waals surface area contributed by atoms with Gasteiger partial charge in [0.05, 0.1) is 19.3 Å². The predicted molar refractivity (Wildman–Crippen MR) is 81.0 cm³/mol. The van der Waals surface area contributed by atoms with Gasteiger partial charge in [-0.2, -0.15) is 0 Å². The number of rotatable bonds is 2. The van der Waals surface area contributed by atoms with Crippen molar-refractivity contribution in [3.63, 3.8) is 0 Å². The summed E-state index contributed by atoms with van der Waals surface area (Å²) in [7, 11) is 3.26. The lowest BCUT2D eigenvalue weighted by Gasteiger charge is -2.48. The number of carbonyl (C=O) groups is 2. The molecule has 0 aliphatic carbocycles. The van der Waals surface area contributed by atoms with Crippen molar-refractivity contribution in [2.75, 3.05) is 32.1 Å². The molecule has 0 amide bonds. The van der Waals surface area contributed by atoms with Gasteiger partial charge in [-0.1, -0.05) is 0 Å². The Bertz CT molecular complexity index is 764. The van der Waals surface area contributed by atoms with E-state index in [1.54, 1.807) is 30.1 Å². The van der Waals surface area contributed by atoms with E-state index < -0.39 is 24.0 Å². The number of methoxy groups -OCH3 is 1. The molecular weight excluding hydrogens is 318 g/mol. The zero-order chi connectivity index (χ0) is 16.9. The summed E-state index contributed by atoms with van der Waals surface area (Å²) in [4.78, 5) is 29.5. The van der Waals surface area contributed by atoms with Crippen LogP contribution in [0.4, 0.5) is 5.69 Å². The van der Waals surface area contributed by atoms with Gasteiger partial charge in [0.15, 0.2) is 11.6 Å². The lowest BCUT2D eigenvalue weighted by Crippen LogP contribution is -2.71. The van der Waals surface area contributed by atoms with Crippen molar-refractivity contribution >= 4 is 23.5 Å². The first kappa shape index (κ1) is 14.6. The molecule has 1 aromatic carbocycles. The van der Waals surface area contributed by atoms with Gasteiger partial charge in [-0.05, 0) is 12.1 Å². The van der Waals surface area contributed by atoms with Crippen LogP contribution in [0.25, 0.3) is 0 Å². The van der Waals surface area contributed by atoms with Gasteiger partial charge in [0, 0.05) is 19.7 Å². The Kier molecular flexibility index (Phi) is 3.05. The summed E-state index contributed by atoms with van der Waals surface area (Å²) in [5, 5.41) is 3.03. The number of likely N-dealkylation sites (N-methyl/N-ethyl adjacent to an activating group) is 1. The van der Waals surface area contributed by atoms with Crippen molar-refractivity contribution in [2.24, 2.45) is 4.99 Å². The quantitative estimate of drug-likeness (QED) is 0.579. The van der Waals surface area contributed by atoms with Crippen LogP contribution < -0.4 is 19.7 Å². The summed E-state index contributed by atoms with van der Waals surface area (Å²) in [6.45, 7) is 1.08. The first-order chi connectivity index (χ1) is 11.5. The number of esters is 2. The standard InChI is InChI=1S/C15H15N3O6/c1-18-9-4-3-8(21-2)7-10(9)23-15(13-16-5-6-17-13)14(18)22-11(19)12(20)24-15/h3-4,7,14H,5-6H2,1-2H3,(H,16,17). The third-order valence-electron chi connectivity index (χ3n) is 4.12. The molecule has 9 nitrogen and oxygen atoms in total. The van der Waals surface area contributed by atoms with E-state index in [0.29, 0.717) is 36.1 Å². The van der Waals surface area contributed by atoms with Gasteiger partial charge in [-0.15, -0.1) is 0 Å². The number of aliphatic imine (C=N–C) groups is 1. The van der Waals surface area contributed by atoms with Crippen LogP contribution in [0.2, 0.25) is 0 Å². The topological polar surface area (TPSA) is 98.7 Å². The zero-order valence-corrected chi connectivity index (χ0v) is 13.1. The molecule has 2 unspecified atom stereocenters. The maximum atomic E-state index is 11.8. The second-order valence-electron chi connectivity index (χ2n) is 5.52. The third kappa shape index (κ3) is 1.90. The Balaban J connectivity index is 1.86. The molecule has 4 rings (SSSR count). The van der Waals surface area contributed by atoms with Crippen LogP contribution in [-0.4, -0.2) is 57.0 Å². The molecular formula is C15H15N3O6. The van der Waals surface area contributed by atoms with E-state index >= 15 is 0 Å². The lowest BCUT2D eigenvalue weighted by molar-refractivity contribution is -0.240. The highest BCUT2D eigenvalue weighted by molar-refractivity contribution is 6.31. The molecule has 1 fully saturated rings. The first-order valence-corrected chi connectivity index (χ1v) is 7.38. The molecule has 1 saturated heterocycles. The second-order valence-corrected chi connectivity index (χ2v) is 5.52. The Hall–Kier alpha value is -2.97. The lowest BCUT2D eigenvalue weighted by atomic mass is 10.1. The second kappa shape index (κ2) is 5.02. The fourth-order valence-electron chi connectivity index (χ4n) is 2.99. The molecule has 3 aliphatic heterocycles. The average molecular weight is 333 g/mol. The highest BCUT2D eigenvalue weighted by Gasteiger charge is 2.62. The molecule has 1 aromatic rings. The molecule has 3 aliphatic rings. The van der Waals surface area contributed by atoms with E-state index in [1.807, 2.05) is 0 Å². The molecule has 0 spiro atoms. The van der Waals surface area contributed by atoms with Gasteiger partial charge >= 0.3 is 17.7 Å². The Morgan fingerprint density at radius 1 is 1.33 bits per heavy atom. The highest BCUT2D eigenvalue weighted by Crippen LogP contribution is 2.44. The van der Waals surface area contributed by atoms with Crippen LogP contribution in [0.3, 0.4) is 0 Å². The number of nitrogens with one attached hydrogen (secondary N) is 1. The minimum absolute atomic E-state index is 0.314. The Labute approximate surface area is 137 Å². The molecule has 0 radical (unpaired) electrons. The fourth-order valence-corrected chi connectivity index (χ4v) is 2.99. The maximum absolute atomic E-state index is 11.8. The number of hydrogen-bond donors (Lipinski definition) is 1. The van der Waals surface area contributed by atoms with Crippen LogP contribution in [-0.2, 0) is 19.1 Å². The third-order valence-corrected chi connectivity index (χ3v) is 4.12. The number of nitrogens with zero attached hydrogens (tertiary/aromatic N) is 2. The summed E-state index contributed by atoms with van der Waals surface area (Å²) in [5.41, 5.74) is 0.667. The summed E-state index contributed by atoms with van der Waals surface area (Å²) >= 11 is 0. The molecule has 9 heteroatoms. The van der Waals surface area contributed by atoms with Crippen LogP contribution in [0.5, 0.6) is 11.5 Å². The van der Waals surface area contributed by atoms with Crippen molar-refractivity contribution in [2.45, 2.75) is 12.0 Å². The first-order valence-electron chi connectivity index (χ1n) is 7.38. The minimum Gasteiger partial charge on any atom is -0.497 e. The van der Waals surface area contributed by atoms with Crippen molar-refractivity contribution in [3.05, 3.63) is 18.2 Å². The molecule has 3 heterocycles. The largest absolute Gasteiger partial charge is 0.497 e. The number of hydrogen-bond acceptors (Lipinski definition) is 9. The van der Waals surface area contributed by atoms with E-state index in [4.69, 9.17) is 18.9 Å². The van der Waals surface area contributed by atoms with E-state index in [-0.39, 0.29) is 0 Å². The maximum Gasteiger partial charge on any atom is 0.421 e. The van der Waals surface area contributed by atoms with Crippen molar-refractivity contribution < 1.29 is 28.5 Å². The predicted octanol–water partition coefficient (Wildman–Crippen LogP) is -0.352. The molecule has 2 atom stereocenters. The van der Waals surface area contributed by atoms with Gasteiger partial charge in [0.25, 0.3) is 6.23 Å². The Morgan fingerprint density at radius 3 is 2.88 bits per heavy atom. The van der Waals surface area contributed by atoms with Gasteiger partial charge in [-0.25, -0.2) is 9.59 Å². The van der Waals surface area contributed by atoms with Crippen LogP contribution >= 0.6 is 0 Å². The number of anilines is 1. The van der Waals surface area contributed by atoms with E-state index in [9.17, 15) is 9.59 Å². The smallest absolute Gasteiger partial charge is 0.421 e. The van der Waals surface area contributed by atoms with E-state index in [2.05, 4.69) is 10.3 Å². The van der Waals surface area contributed by atoms with Crippen molar-refractivity contribution in [1.29, 1.82) is 0 Å².